The minimum atomic E-state index is -0.198. The zero-order chi connectivity index (χ0) is 11.7. The van der Waals surface area contributed by atoms with Crippen LogP contribution in [0.25, 0.3) is 0 Å². The van der Waals surface area contributed by atoms with E-state index in [0.717, 1.165) is 37.8 Å². The maximum Gasteiger partial charge on any atom is 0.129 e. The first-order valence-electron chi connectivity index (χ1n) is 7.08. The standard InChI is InChI=1S/C14H23NO2/c16-10-14(5-2-6-17-11-14)9-15-7-12-3-1-4-13(12)8-15/h10,12-13H,1-9,11H2. The number of carbonyl (C=O) groups is 1. The Morgan fingerprint density at radius 1 is 1.24 bits per heavy atom. The van der Waals surface area contributed by atoms with E-state index in [1.807, 2.05) is 0 Å². The molecule has 1 aliphatic carbocycles. The molecule has 0 aromatic heterocycles. The van der Waals surface area contributed by atoms with Gasteiger partial charge in [-0.1, -0.05) is 6.42 Å². The van der Waals surface area contributed by atoms with E-state index in [1.54, 1.807) is 0 Å². The Hall–Kier alpha value is -0.410. The lowest BCUT2D eigenvalue weighted by Crippen LogP contribution is -2.43. The molecule has 3 heteroatoms. The molecule has 96 valence electrons. The third-order valence-corrected chi connectivity index (χ3v) is 4.94. The van der Waals surface area contributed by atoms with E-state index in [9.17, 15) is 4.79 Å². The summed E-state index contributed by atoms with van der Waals surface area (Å²) in [6.45, 7) is 4.85. The molecule has 0 aromatic carbocycles. The van der Waals surface area contributed by atoms with Gasteiger partial charge in [0.1, 0.15) is 6.29 Å². The predicted octanol–water partition coefficient (Wildman–Crippen LogP) is 1.71. The van der Waals surface area contributed by atoms with Gasteiger partial charge in [0, 0.05) is 26.2 Å². The average Bonchev–Trinajstić information content (AvgIpc) is 2.91. The van der Waals surface area contributed by atoms with Crippen molar-refractivity contribution >= 4 is 6.29 Å². The second kappa shape index (κ2) is 4.69. The lowest BCUT2D eigenvalue weighted by Gasteiger charge is -2.35. The van der Waals surface area contributed by atoms with Crippen molar-refractivity contribution in [2.45, 2.75) is 32.1 Å². The van der Waals surface area contributed by atoms with E-state index in [1.165, 1.54) is 38.6 Å². The van der Waals surface area contributed by atoms with Crippen LogP contribution in [0.1, 0.15) is 32.1 Å². The molecule has 0 N–H and O–H groups in total. The number of hydrogen-bond donors (Lipinski definition) is 0. The molecule has 0 aromatic rings. The highest BCUT2D eigenvalue weighted by Crippen LogP contribution is 2.39. The molecule has 2 aliphatic heterocycles. The Labute approximate surface area is 104 Å². The van der Waals surface area contributed by atoms with Crippen LogP contribution in [0.3, 0.4) is 0 Å². The van der Waals surface area contributed by atoms with Crippen molar-refractivity contribution in [3.8, 4) is 0 Å². The van der Waals surface area contributed by atoms with Crippen molar-refractivity contribution in [2.24, 2.45) is 17.3 Å². The van der Waals surface area contributed by atoms with Gasteiger partial charge in [0.25, 0.3) is 0 Å². The second-order valence-corrected chi connectivity index (χ2v) is 6.28. The van der Waals surface area contributed by atoms with Gasteiger partial charge in [-0.05, 0) is 37.5 Å². The average molecular weight is 237 g/mol. The van der Waals surface area contributed by atoms with Crippen LogP contribution in [0.15, 0.2) is 0 Å². The van der Waals surface area contributed by atoms with E-state index in [-0.39, 0.29) is 5.41 Å². The van der Waals surface area contributed by atoms with E-state index < -0.39 is 0 Å². The van der Waals surface area contributed by atoms with Crippen LogP contribution in [0, 0.1) is 17.3 Å². The molecule has 3 aliphatic rings. The summed E-state index contributed by atoms with van der Waals surface area (Å²) in [5, 5.41) is 0. The van der Waals surface area contributed by atoms with Gasteiger partial charge in [-0.15, -0.1) is 0 Å². The monoisotopic (exact) mass is 237 g/mol. The van der Waals surface area contributed by atoms with Crippen LogP contribution in [0.5, 0.6) is 0 Å². The van der Waals surface area contributed by atoms with E-state index in [0.29, 0.717) is 6.61 Å². The molecular weight excluding hydrogens is 214 g/mol. The predicted molar refractivity (Wildman–Crippen MR) is 65.8 cm³/mol. The molecule has 3 fully saturated rings. The van der Waals surface area contributed by atoms with Crippen molar-refractivity contribution in [2.75, 3.05) is 32.8 Å². The minimum absolute atomic E-state index is 0.198. The van der Waals surface area contributed by atoms with Gasteiger partial charge in [0.05, 0.1) is 12.0 Å². The maximum absolute atomic E-state index is 11.4. The van der Waals surface area contributed by atoms with Gasteiger partial charge < -0.3 is 14.4 Å². The normalized spacial score (nSPS) is 42.6. The Morgan fingerprint density at radius 3 is 2.59 bits per heavy atom. The van der Waals surface area contributed by atoms with E-state index in [4.69, 9.17) is 4.74 Å². The van der Waals surface area contributed by atoms with Crippen molar-refractivity contribution in [1.82, 2.24) is 4.90 Å². The van der Waals surface area contributed by atoms with Crippen LogP contribution in [-0.2, 0) is 9.53 Å². The first-order valence-corrected chi connectivity index (χ1v) is 7.08. The largest absolute Gasteiger partial charge is 0.380 e. The Balaban J connectivity index is 1.60. The summed E-state index contributed by atoms with van der Waals surface area (Å²) in [4.78, 5) is 13.9. The molecular formula is C14H23NO2. The third-order valence-electron chi connectivity index (χ3n) is 4.94. The highest BCUT2D eigenvalue weighted by molar-refractivity contribution is 5.60. The molecule has 17 heavy (non-hydrogen) atoms. The van der Waals surface area contributed by atoms with Crippen LogP contribution < -0.4 is 0 Å². The summed E-state index contributed by atoms with van der Waals surface area (Å²) >= 11 is 0. The van der Waals surface area contributed by atoms with Crippen molar-refractivity contribution in [1.29, 1.82) is 0 Å². The van der Waals surface area contributed by atoms with Crippen LogP contribution in [0.2, 0.25) is 0 Å². The van der Waals surface area contributed by atoms with Gasteiger partial charge in [0.2, 0.25) is 0 Å². The van der Waals surface area contributed by atoms with E-state index in [2.05, 4.69) is 4.90 Å². The van der Waals surface area contributed by atoms with Crippen molar-refractivity contribution in [3.63, 3.8) is 0 Å². The molecule has 2 saturated heterocycles. The highest BCUT2D eigenvalue weighted by atomic mass is 16.5. The zero-order valence-corrected chi connectivity index (χ0v) is 10.6. The maximum atomic E-state index is 11.4. The molecule has 3 nitrogen and oxygen atoms in total. The molecule has 0 amide bonds. The number of fused-ring (bicyclic) bond motifs is 1. The van der Waals surface area contributed by atoms with Crippen LogP contribution >= 0.6 is 0 Å². The van der Waals surface area contributed by atoms with Gasteiger partial charge in [-0.2, -0.15) is 0 Å². The van der Waals surface area contributed by atoms with Crippen molar-refractivity contribution in [3.05, 3.63) is 0 Å². The minimum Gasteiger partial charge on any atom is -0.380 e. The second-order valence-electron chi connectivity index (χ2n) is 6.28. The fourth-order valence-corrected chi connectivity index (χ4v) is 4.04. The van der Waals surface area contributed by atoms with Crippen LogP contribution in [-0.4, -0.2) is 44.0 Å². The number of rotatable bonds is 3. The van der Waals surface area contributed by atoms with Gasteiger partial charge in [-0.3, -0.25) is 0 Å². The molecule has 3 rings (SSSR count). The number of aldehydes is 1. The lowest BCUT2D eigenvalue weighted by molar-refractivity contribution is -0.125. The molecule has 1 saturated carbocycles. The summed E-state index contributed by atoms with van der Waals surface area (Å²) in [7, 11) is 0. The Kier molecular flexibility index (Phi) is 3.22. The van der Waals surface area contributed by atoms with Gasteiger partial charge in [-0.25, -0.2) is 0 Å². The molecule has 0 radical (unpaired) electrons. The summed E-state index contributed by atoms with van der Waals surface area (Å²) in [5.74, 6) is 1.84. The number of nitrogens with zero attached hydrogens (tertiary/aromatic N) is 1. The lowest BCUT2D eigenvalue weighted by atomic mass is 9.83. The van der Waals surface area contributed by atoms with Gasteiger partial charge in [0.15, 0.2) is 0 Å². The number of likely N-dealkylation sites (tertiary alicyclic amines) is 1. The fraction of sp³-hybridized carbons (Fsp3) is 0.929. The molecule has 3 unspecified atom stereocenters. The summed E-state index contributed by atoms with van der Waals surface area (Å²) in [6, 6.07) is 0. The number of ether oxygens (including phenoxy) is 1. The number of carbonyl (C=O) groups excluding carboxylic acids is 1. The SMILES string of the molecule is O=CC1(CN2CC3CCCC3C2)CCCOC1. The topological polar surface area (TPSA) is 29.5 Å². The highest BCUT2D eigenvalue weighted by Gasteiger charge is 2.41. The third kappa shape index (κ3) is 2.27. The molecule has 0 bridgehead atoms. The Bertz CT molecular complexity index is 274. The molecule has 3 atom stereocenters. The quantitative estimate of drug-likeness (QED) is 0.700. The zero-order valence-electron chi connectivity index (χ0n) is 10.6. The van der Waals surface area contributed by atoms with E-state index >= 15 is 0 Å². The smallest absolute Gasteiger partial charge is 0.129 e. The van der Waals surface area contributed by atoms with Gasteiger partial charge >= 0.3 is 0 Å². The molecule has 0 spiro atoms. The molecule has 2 heterocycles. The first kappa shape index (κ1) is 11.7. The first-order chi connectivity index (χ1) is 8.31. The summed E-state index contributed by atoms with van der Waals surface area (Å²) in [6.07, 6.45) is 7.46. The Morgan fingerprint density at radius 2 is 2.00 bits per heavy atom. The van der Waals surface area contributed by atoms with Crippen LogP contribution in [0.4, 0.5) is 0 Å². The summed E-state index contributed by atoms with van der Waals surface area (Å²) < 4.78 is 5.52. The number of hydrogen-bond acceptors (Lipinski definition) is 3. The van der Waals surface area contributed by atoms with Crippen molar-refractivity contribution < 1.29 is 9.53 Å². The summed E-state index contributed by atoms with van der Waals surface area (Å²) in [5.41, 5.74) is -0.198. The fourth-order valence-electron chi connectivity index (χ4n) is 4.04.